The maximum atomic E-state index is 13.2. The zero-order chi connectivity index (χ0) is 30.6. The van der Waals surface area contributed by atoms with Crippen molar-refractivity contribution in [1.82, 2.24) is 14.7 Å². The van der Waals surface area contributed by atoms with Crippen LogP contribution in [0.1, 0.15) is 84.8 Å². The van der Waals surface area contributed by atoms with Crippen LogP contribution in [0.3, 0.4) is 0 Å². The normalized spacial score (nSPS) is 29.4. The van der Waals surface area contributed by atoms with Gasteiger partial charge < -0.3 is 19.3 Å². The van der Waals surface area contributed by atoms with Gasteiger partial charge >= 0.3 is 12.3 Å². The second-order valence-corrected chi connectivity index (χ2v) is 14.1. The summed E-state index contributed by atoms with van der Waals surface area (Å²) in [6, 6.07) is 5.84. The standard InChI is InChI=1S/C32H46F3N3O4/c1-20(2)27-19-41-31-14-13-26(15-25(31)11-12-28(39)38(27)31)37(16-22-7-9-24(10-8-22)32(33,34)35)21(3)23-17-36(18-23)29(40)42-30(4,5)6/h7-10,20-21,23,25-27H,11-19H2,1-6H3/t21-,25+,26-,27+,31+/m0/s1. The number of nitrogens with zero attached hydrogens (tertiary/aromatic N) is 3. The molecule has 4 aliphatic rings. The van der Waals surface area contributed by atoms with Gasteiger partial charge in [0.1, 0.15) is 11.3 Å². The lowest BCUT2D eigenvalue weighted by atomic mass is 9.71. The van der Waals surface area contributed by atoms with E-state index in [1.54, 1.807) is 17.0 Å². The number of rotatable bonds is 6. The van der Waals surface area contributed by atoms with Crippen molar-refractivity contribution < 1.29 is 32.2 Å². The summed E-state index contributed by atoms with van der Waals surface area (Å²) < 4.78 is 51.8. The van der Waals surface area contributed by atoms with E-state index >= 15 is 0 Å². The Labute approximate surface area is 247 Å². The number of piperidine rings is 1. The molecule has 3 aliphatic heterocycles. The highest BCUT2D eigenvalue weighted by Gasteiger charge is 2.59. The minimum Gasteiger partial charge on any atom is -0.444 e. The van der Waals surface area contributed by atoms with E-state index in [-0.39, 0.29) is 42.0 Å². The molecular formula is C32H46F3N3O4. The van der Waals surface area contributed by atoms with Crippen molar-refractivity contribution in [3.8, 4) is 0 Å². The van der Waals surface area contributed by atoms with E-state index in [1.807, 2.05) is 20.8 Å². The van der Waals surface area contributed by atoms with Crippen molar-refractivity contribution in [3.05, 3.63) is 35.4 Å². The van der Waals surface area contributed by atoms with E-state index in [9.17, 15) is 22.8 Å². The van der Waals surface area contributed by atoms with Gasteiger partial charge in [-0.05, 0) is 77.0 Å². The number of halogens is 3. The Balaban J connectivity index is 1.34. The van der Waals surface area contributed by atoms with Crippen molar-refractivity contribution in [2.45, 2.75) is 116 Å². The summed E-state index contributed by atoms with van der Waals surface area (Å²) in [7, 11) is 0. The number of likely N-dealkylation sites (tertiary alicyclic amines) is 1. The molecule has 1 aliphatic carbocycles. The molecule has 42 heavy (non-hydrogen) atoms. The molecule has 5 rings (SSSR count). The average molecular weight is 594 g/mol. The maximum absolute atomic E-state index is 13.2. The predicted molar refractivity (Wildman–Crippen MR) is 152 cm³/mol. The van der Waals surface area contributed by atoms with E-state index in [1.165, 1.54) is 0 Å². The van der Waals surface area contributed by atoms with Crippen LogP contribution in [0.25, 0.3) is 0 Å². The molecule has 5 atom stereocenters. The molecule has 1 aromatic carbocycles. The first-order chi connectivity index (χ1) is 19.6. The third-order valence-electron chi connectivity index (χ3n) is 9.90. The molecule has 4 fully saturated rings. The van der Waals surface area contributed by atoms with E-state index in [0.717, 1.165) is 43.4 Å². The molecule has 3 heterocycles. The molecule has 0 radical (unpaired) electrons. The van der Waals surface area contributed by atoms with Gasteiger partial charge in [-0.1, -0.05) is 26.0 Å². The van der Waals surface area contributed by atoms with Crippen molar-refractivity contribution in [2.24, 2.45) is 17.8 Å². The third-order valence-corrected chi connectivity index (χ3v) is 9.90. The number of hydrogen-bond donors (Lipinski definition) is 0. The summed E-state index contributed by atoms with van der Waals surface area (Å²) in [6.07, 6.45) is -0.935. The topological polar surface area (TPSA) is 62.3 Å². The molecule has 234 valence electrons. The van der Waals surface area contributed by atoms with Gasteiger partial charge in [0.2, 0.25) is 5.91 Å². The first-order valence-electron chi connectivity index (χ1n) is 15.4. The summed E-state index contributed by atoms with van der Waals surface area (Å²) in [5.74, 6) is 0.931. The Morgan fingerprint density at radius 2 is 1.79 bits per heavy atom. The summed E-state index contributed by atoms with van der Waals surface area (Å²) in [6.45, 7) is 14.3. The lowest BCUT2D eigenvalue weighted by molar-refractivity contribution is -0.193. The molecular weight excluding hydrogens is 547 g/mol. The lowest BCUT2D eigenvalue weighted by Crippen LogP contribution is -2.64. The van der Waals surface area contributed by atoms with Gasteiger partial charge in [-0.2, -0.15) is 13.2 Å². The Kier molecular flexibility index (Phi) is 8.37. The lowest BCUT2D eigenvalue weighted by Gasteiger charge is -2.55. The molecule has 0 aromatic heterocycles. The van der Waals surface area contributed by atoms with Crippen LogP contribution in [0.4, 0.5) is 18.0 Å². The first kappa shape index (κ1) is 31.1. The number of amides is 2. The van der Waals surface area contributed by atoms with Gasteiger partial charge in [0, 0.05) is 50.0 Å². The molecule has 7 nitrogen and oxygen atoms in total. The Morgan fingerprint density at radius 3 is 2.38 bits per heavy atom. The Bertz CT molecular complexity index is 1150. The number of ether oxygens (including phenoxy) is 2. The average Bonchev–Trinajstić information content (AvgIpc) is 3.26. The van der Waals surface area contributed by atoms with Crippen LogP contribution in [0.15, 0.2) is 24.3 Å². The van der Waals surface area contributed by atoms with Gasteiger partial charge in [-0.25, -0.2) is 4.79 Å². The zero-order valence-corrected chi connectivity index (χ0v) is 25.7. The molecule has 10 heteroatoms. The Morgan fingerprint density at radius 1 is 1.12 bits per heavy atom. The fourth-order valence-corrected chi connectivity index (χ4v) is 7.50. The third kappa shape index (κ3) is 6.03. The van der Waals surface area contributed by atoms with Gasteiger partial charge in [0.15, 0.2) is 0 Å². The van der Waals surface area contributed by atoms with Crippen molar-refractivity contribution in [1.29, 1.82) is 0 Å². The highest BCUT2D eigenvalue weighted by atomic mass is 19.4. The van der Waals surface area contributed by atoms with Crippen molar-refractivity contribution >= 4 is 12.0 Å². The molecule has 0 unspecified atom stereocenters. The summed E-state index contributed by atoms with van der Waals surface area (Å²) in [4.78, 5) is 31.9. The summed E-state index contributed by atoms with van der Waals surface area (Å²) >= 11 is 0. The van der Waals surface area contributed by atoms with E-state index in [2.05, 4.69) is 30.6 Å². The molecule has 0 N–H and O–H groups in total. The van der Waals surface area contributed by atoms with Crippen LogP contribution in [-0.2, 0) is 27.0 Å². The number of alkyl halides is 3. The predicted octanol–water partition coefficient (Wildman–Crippen LogP) is 6.31. The molecule has 1 spiro atoms. The quantitative estimate of drug-likeness (QED) is 0.387. The van der Waals surface area contributed by atoms with E-state index in [4.69, 9.17) is 9.47 Å². The van der Waals surface area contributed by atoms with Crippen LogP contribution in [0.2, 0.25) is 0 Å². The van der Waals surface area contributed by atoms with Crippen molar-refractivity contribution in [3.63, 3.8) is 0 Å². The van der Waals surface area contributed by atoms with Crippen LogP contribution in [0.5, 0.6) is 0 Å². The number of hydrogen-bond acceptors (Lipinski definition) is 5. The van der Waals surface area contributed by atoms with Crippen LogP contribution < -0.4 is 0 Å². The number of carbonyl (C=O) groups excluding carboxylic acids is 2. The van der Waals surface area contributed by atoms with Crippen LogP contribution in [-0.4, -0.2) is 75.8 Å². The minimum atomic E-state index is -4.38. The molecule has 1 saturated carbocycles. The number of benzene rings is 1. The first-order valence-corrected chi connectivity index (χ1v) is 15.4. The summed E-state index contributed by atoms with van der Waals surface area (Å²) in [5.41, 5.74) is -0.931. The molecule has 1 aromatic rings. The SMILES string of the molecule is CC(C)[C@H]1CO[C@]23CC[C@H](N(Cc4ccc(C(F)(F)F)cc4)[C@@H](C)C4CN(C(=O)OC(C)(C)C)C4)C[C@H]2CCC(=O)N13. The maximum Gasteiger partial charge on any atom is 0.416 e. The second kappa shape index (κ2) is 11.3. The fourth-order valence-electron chi connectivity index (χ4n) is 7.50. The van der Waals surface area contributed by atoms with Gasteiger partial charge in [-0.3, -0.25) is 9.69 Å². The zero-order valence-electron chi connectivity index (χ0n) is 25.7. The van der Waals surface area contributed by atoms with Gasteiger partial charge in [0.05, 0.1) is 18.2 Å². The second-order valence-electron chi connectivity index (χ2n) is 14.1. The largest absolute Gasteiger partial charge is 0.444 e. The fraction of sp³-hybridized carbons (Fsp3) is 0.750. The molecule has 0 bridgehead atoms. The smallest absolute Gasteiger partial charge is 0.416 e. The number of carbonyl (C=O) groups is 2. The van der Waals surface area contributed by atoms with Crippen molar-refractivity contribution in [2.75, 3.05) is 19.7 Å². The molecule has 3 saturated heterocycles. The van der Waals surface area contributed by atoms with Gasteiger partial charge in [-0.15, -0.1) is 0 Å². The van der Waals surface area contributed by atoms with E-state index < -0.39 is 23.1 Å². The minimum absolute atomic E-state index is 0.0906. The highest BCUT2D eigenvalue weighted by Crippen LogP contribution is 2.51. The monoisotopic (exact) mass is 593 g/mol. The summed E-state index contributed by atoms with van der Waals surface area (Å²) in [5, 5.41) is 0. The highest BCUT2D eigenvalue weighted by molar-refractivity contribution is 5.78. The van der Waals surface area contributed by atoms with Gasteiger partial charge in [0.25, 0.3) is 0 Å². The van der Waals surface area contributed by atoms with Crippen LogP contribution >= 0.6 is 0 Å². The molecule has 2 amide bonds. The van der Waals surface area contributed by atoms with Crippen LogP contribution in [0, 0.1) is 17.8 Å². The Hall–Kier alpha value is -2.33. The van der Waals surface area contributed by atoms with E-state index in [0.29, 0.717) is 38.6 Å².